The predicted octanol–water partition coefficient (Wildman–Crippen LogP) is 3.12. The van der Waals surface area contributed by atoms with Crippen molar-refractivity contribution in [3.63, 3.8) is 0 Å². The summed E-state index contributed by atoms with van der Waals surface area (Å²) < 4.78 is 0. The first-order chi connectivity index (χ1) is 9.13. The van der Waals surface area contributed by atoms with Crippen LogP contribution in [0.2, 0.25) is 0 Å². The van der Waals surface area contributed by atoms with Crippen LogP contribution in [0.4, 0.5) is 5.69 Å². The zero-order chi connectivity index (χ0) is 14.3. The van der Waals surface area contributed by atoms with Crippen LogP contribution in [0.25, 0.3) is 0 Å². The highest BCUT2D eigenvalue weighted by Gasteiger charge is 2.15. The number of carbonyl (C=O) groups excluding carboxylic acids is 1. The van der Waals surface area contributed by atoms with Gasteiger partial charge in [-0.25, -0.2) is 0 Å². The molecule has 0 saturated heterocycles. The van der Waals surface area contributed by atoms with Gasteiger partial charge in [-0.05, 0) is 43.4 Å². The lowest BCUT2D eigenvalue weighted by Gasteiger charge is -2.17. The Morgan fingerprint density at radius 3 is 2.32 bits per heavy atom. The van der Waals surface area contributed by atoms with E-state index in [0.717, 1.165) is 31.4 Å². The third-order valence-electron chi connectivity index (χ3n) is 3.54. The van der Waals surface area contributed by atoms with Crippen LogP contribution in [0.15, 0.2) is 18.2 Å². The third-order valence-corrected chi connectivity index (χ3v) is 3.54. The molecular weight excluding hydrogens is 236 g/mol. The Balaban J connectivity index is 2.83. The Bertz CT molecular complexity index is 393. The molecule has 0 aliphatic heterocycles. The molecule has 0 aliphatic carbocycles. The summed E-state index contributed by atoms with van der Waals surface area (Å²) in [5.74, 6) is 0.113. The Labute approximate surface area is 116 Å². The summed E-state index contributed by atoms with van der Waals surface area (Å²) >= 11 is 0. The zero-order valence-corrected chi connectivity index (χ0v) is 12.3. The second-order valence-corrected chi connectivity index (χ2v) is 4.98. The fourth-order valence-electron chi connectivity index (χ4n) is 2.20. The Hall–Kier alpha value is -1.35. The molecule has 19 heavy (non-hydrogen) atoms. The van der Waals surface area contributed by atoms with Crippen LogP contribution in [-0.4, -0.2) is 12.5 Å². The number of nitrogens with two attached hydrogens (primary N) is 1. The highest BCUT2D eigenvalue weighted by atomic mass is 16.1. The molecule has 3 N–H and O–H groups in total. The molecule has 1 rings (SSSR count). The molecule has 3 heteroatoms. The van der Waals surface area contributed by atoms with Crippen LogP contribution in [0.5, 0.6) is 0 Å². The highest BCUT2D eigenvalue weighted by molar-refractivity contribution is 5.93. The molecule has 106 valence electrons. The summed E-state index contributed by atoms with van der Waals surface area (Å²) in [7, 11) is 0. The molecule has 0 aromatic heterocycles. The first-order valence-corrected chi connectivity index (χ1v) is 7.25. The first kappa shape index (κ1) is 15.7. The van der Waals surface area contributed by atoms with Gasteiger partial charge in [-0.3, -0.25) is 4.79 Å². The maximum Gasteiger partial charge on any atom is 0.227 e. The second kappa shape index (κ2) is 7.95. The van der Waals surface area contributed by atoms with Gasteiger partial charge in [0.2, 0.25) is 5.91 Å². The van der Waals surface area contributed by atoms with Crippen LogP contribution in [0.3, 0.4) is 0 Å². The normalized spacial score (nSPS) is 12.2. The molecule has 0 bridgehead atoms. The van der Waals surface area contributed by atoms with E-state index in [1.54, 1.807) is 0 Å². The quantitative estimate of drug-likeness (QED) is 0.793. The summed E-state index contributed by atoms with van der Waals surface area (Å²) in [6.45, 7) is 6.83. The number of carbonyl (C=O) groups is 1. The van der Waals surface area contributed by atoms with Crippen molar-refractivity contribution in [3.05, 3.63) is 29.3 Å². The molecule has 0 fully saturated rings. The predicted molar refractivity (Wildman–Crippen MR) is 81.3 cm³/mol. The smallest absolute Gasteiger partial charge is 0.227 e. The zero-order valence-electron chi connectivity index (χ0n) is 12.3. The van der Waals surface area contributed by atoms with Gasteiger partial charge in [0.05, 0.1) is 0 Å². The van der Waals surface area contributed by atoms with E-state index >= 15 is 0 Å². The Kier molecular flexibility index (Phi) is 6.57. The minimum Gasteiger partial charge on any atom is -0.330 e. The number of anilines is 1. The van der Waals surface area contributed by atoms with Crippen molar-refractivity contribution < 1.29 is 4.79 Å². The van der Waals surface area contributed by atoms with Crippen LogP contribution in [0.1, 0.15) is 44.7 Å². The SMILES string of the molecule is CCc1cccc(CC)c1NC(=O)C(C)CCCN. The maximum atomic E-state index is 12.2. The standard InChI is InChI=1S/C16H26N2O/c1-4-13-9-6-10-14(5-2)15(13)18-16(19)12(3)8-7-11-17/h6,9-10,12H,4-5,7-8,11,17H2,1-3H3,(H,18,19). The van der Waals surface area contributed by atoms with Gasteiger partial charge in [-0.15, -0.1) is 0 Å². The van der Waals surface area contributed by atoms with Crippen molar-refractivity contribution in [2.45, 2.75) is 46.5 Å². The van der Waals surface area contributed by atoms with Crippen LogP contribution in [-0.2, 0) is 17.6 Å². The van der Waals surface area contributed by atoms with E-state index in [9.17, 15) is 4.79 Å². The molecule has 0 aliphatic rings. The van der Waals surface area contributed by atoms with Crippen LogP contribution in [0, 0.1) is 5.92 Å². The average Bonchev–Trinajstić information content (AvgIpc) is 2.44. The van der Waals surface area contributed by atoms with Crippen molar-refractivity contribution in [2.24, 2.45) is 11.7 Å². The largest absolute Gasteiger partial charge is 0.330 e. The summed E-state index contributed by atoms with van der Waals surface area (Å²) in [6, 6.07) is 6.23. The van der Waals surface area contributed by atoms with Crippen molar-refractivity contribution >= 4 is 11.6 Å². The number of rotatable bonds is 7. The third kappa shape index (κ3) is 4.35. The van der Waals surface area contributed by atoms with Gasteiger partial charge < -0.3 is 11.1 Å². The Morgan fingerprint density at radius 2 is 1.84 bits per heavy atom. The van der Waals surface area contributed by atoms with Crippen molar-refractivity contribution in [1.29, 1.82) is 0 Å². The fraction of sp³-hybridized carbons (Fsp3) is 0.562. The summed E-state index contributed by atoms with van der Waals surface area (Å²) in [5, 5.41) is 3.11. The number of para-hydroxylation sites is 1. The molecular formula is C16H26N2O. The summed E-state index contributed by atoms with van der Waals surface area (Å²) in [5.41, 5.74) is 8.91. The molecule has 0 heterocycles. The number of aryl methyl sites for hydroxylation is 2. The number of benzene rings is 1. The molecule has 3 nitrogen and oxygen atoms in total. The molecule has 1 atom stereocenters. The van der Waals surface area contributed by atoms with Gasteiger partial charge in [0.1, 0.15) is 0 Å². The van der Waals surface area contributed by atoms with Gasteiger partial charge in [-0.1, -0.05) is 39.0 Å². The molecule has 0 saturated carbocycles. The topological polar surface area (TPSA) is 55.1 Å². The van der Waals surface area contributed by atoms with Crippen molar-refractivity contribution in [2.75, 3.05) is 11.9 Å². The lowest BCUT2D eigenvalue weighted by Crippen LogP contribution is -2.22. The van der Waals surface area contributed by atoms with Crippen LogP contribution >= 0.6 is 0 Å². The number of nitrogens with one attached hydrogen (secondary N) is 1. The van der Waals surface area contributed by atoms with Crippen LogP contribution < -0.4 is 11.1 Å². The lowest BCUT2D eigenvalue weighted by molar-refractivity contribution is -0.119. The van der Waals surface area contributed by atoms with Crippen molar-refractivity contribution in [1.82, 2.24) is 0 Å². The first-order valence-electron chi connectivity index (χ1n) is 7.25. The Morgan fingerprint density at radius 1 is 1.26 bits per heavy atom. The van der Waals surface area contributed by atoms with E-state index < -0.39 is 0 Å². The molecule has 0 radical (unpaired) electrons. The average molecular weight is 262 g/mol. The molecule has 1 amide bonds. The van der Waals surface area contributed by atoms with Gasteiger partial charge >= 0.3 is 0 Å². The number of amides is 1. The molecule has 1 aromatic carbocycles. The second-order valence-electron chi connectivity index (χ2n) is 4.98. The van der Waals surface area contributed by atoms with Gasteiger partial charge in [0.25, 0.3) is 0 Å². The van der Waals surface area contributed by atoms with E-state index in [4.69, 9.17) is 5.73 Å². The van der Waals surface area contributed by atoms with Gasteiger partial charge in [0, 0.05) is 11.6 Å². The number of hydrogen-bond donors (Lipinski definition) is 2. The highest BCUT2D eigenvalue weighted by Crippen LogP contribution is 2.23. The monoisotopic (exact) mass is 262 g/mol. The maximum absolute atomic E-state index is 12.2. The lowest BCUT2D eigenvalue weighted by atomic mass is 10.0. The fourth-order valence-corrected chi connectivity index (χ4v) is 2.20. The van der Waals surface area contributed by atoms with Gasteiger partial charge in [-0.2, -0.15) is 0 Å². The minimum atomic E-state index is 0.0122. The van der Waals surface area contributed by atoms with E-state index in [1.165, 1.54) is 11.1 Å². The van der Waals surface area contributed by atoms with E-state index in [-0.39, 0.29) is 11.8 Å². The van der Waals surface area contributed by atoms with Crippen molar-refractivity contribution in [3.8, 4) is 0 Å². The van der Waals surface area contributed by atoms with E-state index in [0.29, 0.717) is 6.54 Å². The molecule has 0 spiro atoms. The molecule has 1 unspecified atom stereocenters. The number of hydrogen-bond acceptors (Lipinski definition) is 2. The molecule has 1 aromatic rings. The van der Waals surface area contributed by atoms with Gasteiger partial charge in [0.15, 0.2) is 0 Å². The minimum absolute atomic E-state index is 0.0122. The van der Waals surface area contributed by atoms with E-state index in [2.05, 4.69) is 37.4 Å². The van der Waals surface area contributed by atoms with E-state index in [1.807, 2.05) is 6.92 Å². The summed E-state index contributed by atoms with van der Waals surface area (Å²) in [6.07, 6.45) is 3.60. The summed E-state index contributed by atoms with van der Waals surface area (Å²) in [4.78, 5) is 12.2.